The first-order valence-electron chi connectivity index (χ1n) is 5.97. The summed E-state index contributed by atoms with van der Waals surface area (Å²) in [7, 11) is 1.46. The molecule has 0 bridgehead atoms. The third kappa shape index (κ3) is 5.38. The van der Waals surface area contributed by atoms with Gasteiger partial charge < -0.3 is 4.74 Å². The SMILES string of the molecule is COc1cc(CCC(=O)CCCBr)cc([N+](=O)[O-])c1. The van der Waals surface area contributed by atoms with Crippen molar-refractivity contribution in [1.29, 1.82) is 0 Å². The van der Waals surface area contributed by atoms with Crippen molar-refractivity contribution in [3.8, 4) is 5.75 Å². The highest BCUT2D eigenvalue weighted by Gasteiger charge is 2.11. The second-order valence-corrected chi connectivity index (χ2v) is 4.92. The number of hydrogen-bond donors (Lipinski definition) is 0. The highest BCUT2D eigenvalue weighted by molar-refractivity contribution is 9.09. The van der Waals surface area contributed by atoms with Gasteiger partial charge in [0.2, 0.25) is 0 Å². The van der Waals surface area contributed by atoms with E-state index in [1.807, 2.05) is 0 Å². The number of nitro groups is 1. The van der Waals surface area contributed by atoms with Crippen molar-refractivity contribution in [2.45, 2.75) is 25.7 Å². The van der Waals surface area contributed by atoms with Crippen molar-refractivity contribution in [1.82, 2.24) is 0 Å². The van der Waals surface area contributed by atoms with E-state index in [-0.39, 0.29) is 11.5 Å². The fourth-order valence-corrected chi connectivity index (χ4v) is 1.96. The number of benzene rings is 1. The number of Topliss-reactive ketones (excluding diaryl/α,β-unsaturated/α-hetero) is 1. The average Bonchev–Trinajstić information content (AvgIpc) is 2.42. The minimum atomic E-state index is -0.460. The Kier molecular flexibility index (Phi) is 6.49. The fraction of sp³-hybridized carbons (Fsp3) is 0.462. The normalized spacial score (nSPS) is 10.2. The molecule has 104 valence electrons. The lowest BCUT2D eigenvalue weighted by Gasteiger charge is -2.05. The zero-order valence-electron chi connectivity index (χ0n) is 10.7. The van der Waals surface area contributed by atoms with E-state index in [0.29, 0.717) is 25.0 Å². The van der Waals surface area contributed by atoms with Crippen LogP contribution in [0.3, 0.4) is 0 Å². The van der Waals surface area contributed by atoms with E-state index in [4.69, 9.17) is 4.74 Å². The number of halogens is 1. The number of alkyl halides is 1. The van der Waals surface area contributed by atoms with Crippen LogP contribution in [0.2, 0.25) is 0 Å². The molecule has 0 aliphatic rings. The van der Waals surface area contributed by atoms with Crippen LogP contribution in [-0.4, -0.2) is 23.1 Å². The predicted molar refractivity (Wildman–Crippen MR) is 76.0 cm³/mol. The Labute approximate surface area is 120 Å². The molecule has 0 atom stereocenters. The first-order valence-corrected chi connectivity index (χ1v) is 7.09. The van der Waals surface area contributed by atoms with Crippen molar-refractivity contribution >= 4 is 27.4 Å². The lowest BCUT2D eigenvalue weighted by Crippen LogP contribution is -2.01. The zero-order valence-corrected chi connectivity index (χ0v) is 12.3. The van der Waals surface area contributed by atoms with Crippen molar-refractivity contribution in [2.24, 2.45) is 0 Å². The predicted octanol–water partition coefficient (Wildman–Crippen LogP) is 3.28. The van der Waals surface area contributed by atoms with Gasteiger partial charge in [-0.05, 0) is 24.5 Å². The molecule has 0 spiro atoms. The molecule has 0 saturated carbocycles. The van der Waals surface area contributed by atoms with E-state index in [1.165, 1.54) is 19.2 Å². The van der Waals surface area contributed by atoms with E-state index in [1.54, 1.807) is 6.07 Å². The Hall–Kier alpha value is -1.43. The second kappa shape index (κ2) is 7.89. The van der Waals surface area contributed by atoms with Crippen LogP contribution in [0, 0.1) is 10.1 Å². The van der Waals surface area contributed by atoms with Crippen LogP contribution in [0.5, 0.6) is 5.75 Å². The molecule has 0 aromatic heterocycles. The Balaban J connectivity index is 2.69. The van der Waals surface area contributed by atoms with Gasteiger partial charge in [0.25, 0.3) is 5.69 Å². The summed E-state index contributed by atoms with van der Waals surface area (Å²) < 4.78 is 5.02. The number of carbonyl (C=O) groups is 1. The number of nitrogens with zero attached hydrogens (tertiary/aromatic N) is 1. The van der Waals surface area contributed by atoms with Crippen molar-refractivity contribution < 1.29 is 14.5 Å². The molecule has 0 radical (unpaired) electrons. The third-order valence-electron chi connectivity index (χ3n) is 2.68. The summed E-state index contributed by atoms with van der Waals surface area (Å²) in [5.41, 5.74) is 0.737. The van der Waals surface area contributed by atoms with E-state index in [9.17, 15) is 14.9 Å². The lowest BCUT2D eigenvalue weighted by molar-refractivity contribution is -0.385. The maximum Gasteiger partial charge on any atom is 0.273 e. The number of hydrogen-bond acceptors (Lipinski definition) is 4. The van der Waals surface area contributed by atoms with Gasteiger partial charge in [0.15, 0.2) is 0 Å². The minimum absolute atomic E-state index is 0.0118. The third-order valence-corrected chi connectivity index (χ3v) is 3.24. The van der Waals surface area contributed by atoms with Gasteiger partial charge in [0.1, 0.15) is 11.5 Å². The maximum absolute atomic E-state index is 11.6. The Morgan fingerprint density at radius 3 is 2.68 bits per heavy atom. The van der Waals surface area contributed by atoms with Crippen LogP contribution in [0.1, 0.15) is 24.8 Å². The highest BCUT2D eigenvalue weighted by atomic mass is 79.9. The van der Waals surface area contributed by atoms with Gasteiger partial charge in [-0.3, -0.25) is 14.9 Å². The van der Waals surface area contributed by atoms with Gasteiger partial charge in [-0.25, -0.2) is 0 Å². The molecule has 0 aliphatic carbocycles. The van der Waals surface area contributed by atoms with Gasteiger partial charge in [0, 0.05) is 24.2 Å². The highest BCUT2D eigenvalue weighted by Crippen LogP contribution is 2.23. The monoisotopic (exact) mass is 329 g/mol. The van der Waals surface area contributed by atoms with Crippen LogP contribution >= 0.6 is 15.9 Å². The van der Waals surface area contributed by atoms with Crippen LogP contribution < -0.4 is 4.74 Å². The first-order chi connectivity index (χ1) is 9.06. The Bertz CT molecular complexity index is 462. The van der Waals surface area contributed by atoms with Crippen LogP contribution in [0.4, 0.5) is 5.69 Å². The summed E-state index contributed by atoms with van der Waals surface area (Å²) in [5, 5.41) is 11.6. The molecule has 1 aromatic carbocycles. The van der Waals surface area contributed by atoms with Crippen molar-refractivity contribution in [3.63, 3.8) is 0 Å². The lowest BCUT2D eigenvalue weighted by atomic mass is 10.0. The summed E-state index contributed by atoms with van der Waals surface area (Å²) in [6, 6.07) is 4.58. The summed E-state index contributed by atoms with van der Waals surface area (Å²) in [6.07, 6.45) is 2.25. The molecular weight excluding hydrogens is 314 g/mol. The molecule has 5 nitrogen and oxygen atoms in total. The van der Waals surface area contributed by atoms with Crippen LogP contribution in [0.25, 0.3) is 0 Å². The molecule has 0 unspecified atom stereocenters. The number of non-ortho nitro benzene ring substituents is 1. The summed E-state index contributed by atoms with van der Waals surface area (Å²) in [5.74, 6) is 0.613. The fourth-order valence-electron chi connectivity index (χ4n) is 1.68. The Morgan fingerprint density at radius 1 is 1.37 bits per heavy atom. The number of ether oxygens (including phenoxy) is 1. The molecule has 0 aliphatic heterocycles. The number of aryl methyl sites for hydroxylation is 1. The van der Waals surface area contributed by atoms with E-state index >= 15 is 0 Å². The largest absolute Gasteiger partial charge is 0.496 e. The molecule has 0 heterocycles. The van der Waals surface area contributed by atoms with Gasteiger partial charge in [-0.1, -0.05) is 15.9 Å². The molecule has 0 fully saturated rings. The average molecular weight is 330 g/mol. The molecule has 19 heavy (non-hydrogen) atoms. The number of carbonyl (C=O) groups excluding carboxylic acids is 1. The molecule has 1 rings (SSSR count). The van der Waals surface area contributed by atoms with Crippen molar-refractivity contribution in [3.05, 3.63) is 33.9 Å². The number of methoxy groups -OCH3 is 1. The number of ketones is 1. The molecule has 0 saturated heterocycles. The quantitative estimate of drug-likeness (QED) is 0.417. The Morgan fingerprint density at radius 2 is 2.11 bits per heavy atom. The van der Waals surface area contributed by atoms with Gasteiger partial charge in [-0.15, -0.1) is 0 Å². The molecule has 6 heteroatoms. The van der Waals surface area contributed by atoms with Crippen molar-refractivity contribution in [2.75, 3.05) is 12.4 Å². The summed E-state index contributed by atoms with van der Waals surface area (Å²) in [4.78, 5) is 21.9. The van der Waals surface area contributed by atoms with E-state index in [0.717, 1.165) is 17.3 Å². The molecule has 0 amide bonds. The number of rotatable bonds is 8. The topological polar surface area (TPSA) is 69.4 Å². The minimum Gasteiger partial charge on any atom is -0.496 e. The number of nitro benzene ring substituents is 1. The first kappa shape index (κ1) is 15.6. The van der Waals surface area contributed by atoms with Gasteiger partial charge in [0.05, 0.1) is 18.1 Å². The molecular formula is C13H16BrNO4. The molecule has 0 N–H and O–H groups in total. The van der Waals surface area contributed by atoms with Gasteiger partial charge in [-0.2, -0.15) is 0 Å². The van der Waals surface area contributed by atoms with E-state index < -0.39 is 4.92 Å². The molecule has 1 aromatic rings. The van der Waals surface area contributed by atoms with Crippen LogP contribution in [0.15, 0.2) is 18.2 Å². The standard InChI is InChI=1S/C13H16BrNO4/c1-19-13-8-10(7-11(9-13)15(17)18)4-5-12(16)3-2-6-14/h7-9H,2-6H2,1H3. The smallest absolute Gasteiger partial charge is 0.273 e. The van der Waals surface area contributed by atoms with E-state index in [2.05, 4.69) is 15.9 Å². The zero-order chi connectivity index (χ0) is 14.3. The van der Waals surface area contributed by atoms with Crippen LogP contribution in [-0.2, 0) is 11.2 Å². The van der Waals surface area contributed by atoms with Gasteiger partial charge >= 0.3 is 0 Å². The summed E-state index contributed by atoms with van der Waals surface area (Å²) >= 11 is 3.27. The second-order valence-electron chi connectivity index (χ2n) is 4.13. The maximum atomic E-state index is 11.6. The summed E-state index contributed by atoms with van der Waals surface area (Å²) in [6.45, 7) is 0.